The Balaban J connectivity index is 2.08. The predicted molar refractivity (Wildman–Crippen MR) is 94.0 cm³/mol. The van der Waals surface area contributed by atoms with Gasteiger partial charge in [0.25, 0.3) is 5.91 Å². The number of carbonyl (C=O) groups excluding carboxylic acids is 2. The van der Waals surface area contributed by atoms with E-state index in [2.05, 4.69) is 5.32 Å². The van der Waals surface area contributed by atoms with Crippen LogP contribution in [0.3, 0.4) is 0 Å². The largest absolute Gasteiger partial charge is 0.508 e. The summed E-state index contributed by atoms with van der Waals surface area (Å²) in [6.07, 6.45) is -0.772. The summed E-state index contributed by atoms with van der Waals surface area (Å²) in [5.74, 6) is 0.112. The number of aromatic hydroxyl groups is 1. The van der Waals surface area contributed by atoms with Crippen molar-refractivity contribution in [2.24, 2.45) is 0 Å². The van der Waals surface area contributed by atoms with Crippen molar-refractivity contribution in [2.45, 2.75) is 26.6 Å². The number of Topliss-reactive ketones (excluding diaryl/α,β-unsaturated/α-hetero) is 1. The monoisotopic (exact) mass is 343 g/mol. The van der Waals surface area contributed by atoms with Crippen LogP contribution in [0.2, 0.25) is 0 Å². The molecule has 1 amide bonds. The summed E-state index contributed by atoms with van der Waals surface area (Å²) in [5, 5.41) is 12.3. The van der Waals surface area contributed by atoms with Crippen LogP contribution in [0.1, 0.15) is 29.8 Å². The number of phenolic OH excluding ortho intramolecular Hbond substituents is 1. The number of anilines is 1. The van der Waals surface area contributed by atoms with Crippen molar-refractivity contribution in [2.75, 3.05) is 12.4 Å². The van der Waals surface area contributed by atoms with E-state index in [-0.39, 0.29) is 24.0 Å². The molecule has 0 aliphatic carbocycles. The van der Waals surface area contributed by atoms with E-state index >= 15 is 0 Å². The summed E-state index contributed by atoms with van der Waals surface area (Å²) < 4.78 is 10.7. The quantitative estimate of drug-likeness (QED) is 0.596. The Morgan fingerprint density at radius 3 is 2.64 bits per heavy atom. The number of ketones is 1. The lowest BCUT2D eigenvalue weighted by molar-refractivity contribution is -0.122. The molecule has 6 heteroatoms. The molecular formula is C19H21NO5. The number of methoxy groups -OCH3 is 1. The number of phenols is 1. The van der Waals surface area contributed by atoms with Gasteiger partial charge in [-0.2, -0.15) is 0 Å². The Morgan fingerprint density at radius 1 is 1.20 bits per heavy atom. The van der Waals surface area contributed by atoms with Gasteiger partial charge in [0.2, 0.25) is 0 Å². The highest BCUT2D eigenvalue weighted by Gasteiger charge is 2.17. The van der Waals surface area contributed by atoms with E-state index in [0.717, 1.165) is 0 Å². The average Bonchev–Trinajstić information content (AvgIpc) is 2.57. The molecule has 2 aromatic carbocycles. The molecular weight excluding hydrogens is 322 g/mol. The molecule has 0 saturated heterocycles. The number of nitrogens with one attached hydrogen (secondary N) is 1. The zero-order chi connectivity index (χ0) is 18.4. The van der Waals surface area contributed by atoms with Crippen LogP contribution < -0.4 is 10.1 Å². The molecule has 6 nitrogen and oxygen atoms in total. The maximum Gasteiger partial charge on any atom is 0.265 e. The molecule has 1 atom stereocenters. The third-order valence-electron chi connectivity index (χ3n) is 3.57. The van der Waals surface area contributed by atoms with Crippen LogP contribution in [-0.4, -0.2) is 30.0 Å². The first kappa shape index (κ1) is 18.5. The normalized spacial score (nSPS) is 11.6. The summed E-state index contributed by atoms with van der Waals surface area (Å²) in [7, 11) is 1.53. The molecule has 2 N–H and O–H groups in total. The Labute approximate surface area is 146 Å². The molecule has 0 spiro atoms. The first-order valence-corrected chi connectivity index (χ1v) is 7.80. The van der Waals surface area contributed by atoms with E-state index in [1.54, 1.807) is 37.3 Å². The number of hydrogen-bond acceptors (Lipinski definition) is 5. The van der Waals surface area contributed by atoms with Gasteiger partial charge in [-0.1, -0.05) is 12.1 Å². The van der Waals surface area contributed by atoms with Crippen LogP contribution in [0, 0.1) is 0 Å². The second-order valence-corrected chi connectivity index (χ2v) is 5.61. The second-order valence-electron chi connectivity index (χ2n) is 5.61. The molecule has 132 valence electrons. The smallest absolute Gasteiger partial charge is 0.265 e. The first-order chi connectivity index (χ1) is 11.9. The number of ether oxygens (including phenoxy) is 2. The topological polar surface area (TPSA) is 84.9 Å². The first-order valence-electron chi connectivity index (χ1n) is 7.80. The third-order valence-corrected chi connectivity index (χ3v) is 3.57. The van der Waals surface area contributed by atoms with Gasteiger partial charge in [0, 0.05) is 23.9 Å². The highest BCUT2D eigenvalue weighted by atomic mass is 16.5. The van der Waals surface area contributed by atoms with Crippen molar-refractivity contribution >= 4 is 17.4 Å². The molecule has 0 fully saturated rings. The summed E-state index contributed by atoms with van der Waals surface area (Å²) >= 11 is 0. The van der Waals surface area contributed by atoms with E-state index in [1.807, 2.05) is 0 Å². The van der Waals surface area contributed by atoms with Crippen molar-refractivity contribution in [1.29, 1.82) is 0 Å². The van der Waals surface area contributed by atoms with Gasteiger partial charge < -0.3 is 19.9 Å². The molecule has 0 bridgehead atoms. The minimum Gasteiger partial charge on any atom is -0.508 e. The highest BCUT2D eigenvalue weighted by molar-refractivity contribution is 5.95. The van der Waals surface area contributed by atoms with Gasteiger partial charge >= 0.3 is 0 Å². The zero-order valence-corrected chi connectivity index (χ0v) is 14.4. The van der Waals surface area contributed by atoms with Gasteiger partial charge in [-0.25, -0.2) is 0 Å². The molecule has 0 heterocycles. The predicted octanol–water partition coefficient (Wildman–Crippen LogP) is 3.15. The van der Waals surface area contributed by atoms with Crippen LogP contribution in [0.25, 0.3) is 0 Å². The summed E-state index contributed by atoms with van der Waals surface area (Å²) in [5.41, 5.74) is 1.71. The fraction of sp³-hybridized carbons (Fsp3) is 0.263. The lowest BCUT2D eigenvalue weighted by Crippen LogP contribution is -2.30. The van der Waals surface area contributed by atoms with Crippen molar-refractivity contribution < 1.29 is 24.2 Å². The van der Waals surface area contributed by atoms with E-state index in [4.69, 9.17) is 9.47 Å². The van der Waals surface area contributed by atoms with Crippen LogP contribution in [0.15, 0.2) is 42.5 Å². The molecule has 0 aliphatic heterocycles. The van der Waals surface area contributed by atoms with Crippen molar-refractivity contribution in [3.8, 4) is 11.5 Å². The van der Waals surface area contributed by atoms with E-state index < -0.39 is 6.10 Å². The third kappa shape index (κ3) is 5.06. The SMILES string of the molecule is COCc1cc(O)ccc1NC(=O)[C@@H](C)Oc1cccc(C(C)=O)c1. The minimum absolute atomic E-state index is 0.0733. The minimum atomic E-state index is -0.772. The lowest BCUT2D eigenvalue weighted by Gasteiger charge is -2.17. The Bertz CT molecular complexity index is 772. The molecule has 0 aromatic heterocycles. The molecule has 0 radical (unpaired) electrons. The molecule has 0 unspecified atom stereocenters. The van der Waals surface area contributed by atoms with Gasteiger partial charge in [0.05, 0.1) is 6.61 Å². The fourth-order valence-electron chi connectivity index (χ4n) is 2.26. The average molecular weight is 343 g/mol. The second kappa shape index (κ2) is 8.30. The number of rotatable bonds is 7. The summed E-state index contributed by atoms with van der Waals surface area (Å²) in [4.78, 5) is 23.8. The maximum atomic E-state index is 12.4. The van der Waals surface area contributed by atoms with Gasteiger partial charge in [-0.05, 0) is 44.2 Å². The van der Waals surface area contributed by atoms with Gasteiger partial charge in [-0.3, -0.25) is 9.59 Å². The Kier molecular flexibility index (Phi) is 6.14. The van der Waals surface area contributed by atoms with Gasteiger partial charge in [0.15, 0.2) is 11.9 Å². The number of carbonyl (C=O) groups is 2. The molecule has 25 heavy (non-hydrogen) atoms. The van der Waals surface area contributed by atoms with Crippen LogP contribution in [0.4, 0.5) is 5.69 Å². The Hall–Kier alpha value is -2.86. The molecule has 0 aliphatic rings. The maximum absolute atomic E-state index is 12.4. The van der Waals surface area contributed by atoms with Crippen LogP contribution in [0.5, 0.6) is 11.5 Å². The van der Waals surface area contributed by atoms with Crippen LogP contribution in [-0.2, 0) is 16.1 Å². The molecule has 0 saturated carbocycles. The number of benzene rings is 2. The Morgan fingerprint density at radius 2 is 1.96 bits per heavy atom. The summed E-state index contributed by atoms with van der Waals surface area (Å²) in [6, 6.07) is 11.3. The fourth-order valence-corrected chi connectivity index (χ4v) is 2.26. The zero-order valence-electron chi connectivity index (χ0n) is 14.4. The highest BCUT2D eigenvalue weighted by Crippen LogP contribution is 2.23. The number of hydrogen-bond donors (Lipinski definition) is 2. The van der Waals surface area contributed by atoms with Crippen LogP contribution >= 0.6 is 0 Å². The van der Waals surface area contributed by atoms with Gasteiger partial charge in [0.1, 0.15) is 11.5 Å². The van der Waals surface area contributed by atoms with E-state index in [1.165, 1.54) is 26.2 Å². The molecule has 2 rings (SSSR count). The van der Waals surface area contributed by atoms with E-state index in [0.29, 0.717) is 22.6 Å². The summed E-state index contributed by atoms with van der Waals surface area (Å²) in [6.45, 7) is 3.34. The standard InChI is InChI=1S/C19H21NO5/c1-12(21)14-5-4-6-17(10-14)25-13(2)19(23)20-18-8-7-16(22)9-15(18)11-24-3/h4-10,13,22H,11H2,1-3H3,(H,20,23)/t13-/m1/s1. The van der Waals surface area contributed by atoms with Crippen molar-refractivity contribution in [1.82, 2.24) is 0 Å². The van der Waals surface area contributed by atoms with Gasteiger partial charge in [-0.15, -0.1) is 0 Å². The molecule has 2 aromatic rings. The van der Waals surface area contributed by atoms with Crippen molar-refractivity contribution in [3.63, 3.8) is 0 Å². The van der Waals surface area contributed by atoms with E-state index in [9.17, 15) is 14.7 Å². The number of amides is 1. The lowest BCUT2D eigenvalue weighted by atomic mass is 10.1. The van der Waals surface area contributed by atoms with Crippen molar-refractivity contribution in [3.05, 3.63) is 53.6 Å².